The summed E-state index contributed by atoms with van der Waals surface area (Å²) in [7, 11) is 0. The lowest BCUT2D eigenvalue weighted by Crippen LogP contribution is -2.29. The fourth-order valence-corrected chi connectivity index (χ4v) is 2.89. The van der Waals surface area contributed by atoms with Crippen molar-refractivity contribution in [2.45, 2.75) is 31.2 Å². The van der Waals surface area contributed by atoms with Crippen molar-refractivity contribution < 1.29 is 24.9 Å². The summed E-state index contributed by atoms with van der Waals surface area (Å²) in [6.07, 6.45) is 0.0623. The molecule has 22 heavy (non-hydrogen) atoms. The van der Waals surface area contributed by atoms with Gasteiger partial charge in [-0.25, -0.2) is 14.3 Å². The summed E-state index contributed by atoms with van der Waals surface area (Å²) in [5.41, 5.74) is 4.91. The molecule has 1 aliphatic rings. The van der Waals surface area contributed by atoms with Crippen LogP contribution in [0.3, 0.4) is 0 Å². The lowest BCUT2D eigenvalue weighted by molar-refractivity contribution is -0.0495. The molecular weight excluding hydrogens is 292 g/mol. The second-order valence-corrected chi connectivity index (χ2v) is 5.58. The lowest BCUT2D eigenvalue weighted by Gasteiger charge is -2.23. The van der Waals surface area contributed by atoms with Crippen LogP contribution < -0.4 is 5.73 Å². The summed E-state index contributed by atoms with van der Waals surface area (Å²) < 4.78 is 6.95. The number of aliphatic hydroxyl groups is 2. The number of aromatic nitrogens is 3. The maximum Gasteiger partial charge on any atom is 0.338 e. The number of carboxylic acid groups (broad SMARTS) is 1. The predicted molar refractivity (Wildman–Crippen MR) is 74.3 cm³/mol. The fraction of sp³-hybridized carbons (Fsp3) is 0.462. The molecule has 1 fully saturated rings. The first-order valence-corrected chi connectivity index (χ1v) is 6.69. The van der Waals surface area contributed by atoms with Gasteiger partial charge in [-0.1, -0.05) is 0 Å². The van der Waals surface area contributed by atoms with Gasteiger partial charge in [-0.2, -0.15) is 5.10 Å². The van der Waals surface area contributed by atoms with E-state index in [-0.39, 0.29) is 29.9 Å². The van der Waals surface area contributed by atoms with Gasteiger partial charge in [-0.3, -0.25) is 0 Å². The summed E-state index contributed by atoms with van der Waals surface area (Å²) in [6.45, 7) is 1.33. The Kier molecular flexibility index (Phi) is 3.28. The van der Waals surface area contributed by atoms with E-state index in [4.69, 9.17) is 10.5 Å². The molecule has 1 saturated heterocycles. The first-order valence-electron chi connectivity index (χ1n) is 6.69. The number of anilines is 1. The maximum absolute atomic E-state index is 11.4. The van der Waals surface area contributed by atoms with Crippen LogP contribution >= 0.6 is 0 Å². The molecule has 0 spiro atoms. The zero-order chi connectivity index (χ0) is 16.1. The second-order valence-electron chi connectivity index (χ2n) is 5.58. The van der Waals surface area contributed by atoms with E-state index in [0.29, 0.717) is 5.69 Å². The first-order chi connectivity index (χ1) is 10.3. The highest BCUT2D eigenvalue weighted by Crippen LogP contribution is 2.42. The van der Waals surface area contributed by atoms with Gasteiger partial charge in [0.2, 0.25) is 0 Å². The Morgan fingerprint density at radius 3 is 2.95 bits per heavy atom. The van der Waals surface area contributed by atoms with Gasteiger partial charge in [0.25, 0.3) is 0 Å². The molecule has 5 N–H and O–H groups in total. The van der Waals surface area contributed by atoms with Crippen molar-refractivity contribution in [3.8, 4) is 0 Å². The van der Waals surface area contributed by atoms with Crippen LogP contribution in [0.4, 0.5) is 5.82 Å². The number of nitrogen functional groups attached to an aromatic ring is 1. The van der Waals surface area contributed by atoms with E-state index in [0.717, 1.165) is 0 Å². The molecule has 0 radical (unpaired) electrons. The minimum absolute atomic E-state index is 0.0231. The maximum atomic E-state index is 11.4. The van der Waals surface area contributed by atoms with Crippen molar-refractivity contribution >= 4 is 17.3 Å². The Morgan fingerprint density at radius 1 is 1.64 bits per heavy atom. The second kappa shape index (κ2) is 4.90. The highest BCUT2D eigenvalue weighted by atomic mass is 16.5. The zero-order valence-electron chi connectivity index (χ0n) is 11.8. The number of fused-ring (bicyclic) bond motifs is 1. The highest BCUT2D eigenvalue weighted by molar-refractivity contribution is 5.99. The fourth-order valence-electron chi connectivity index (χ4n) is 2.89. The van der Waals surface area contributed by atoms with Crippen LogP contribution in [-0.4, -0.2) is 54.2 Å². The molecule has 118 valence electrons. The molecule has 0 amide bonds. The Labute approximate surface area is 125 Å². The van der Waals surface area contributed by atoms with Crippen molar-refractivity contribution in [1.82, 2.24) is 14.6 Å². The smallest absolute Gasteiger partial charge is 0.338 e. The van der Waals surface area contributed by atoms with Crippen molar-refractivity contribution in [1.29, 1.82) is 0 Å². The van der Waals surface area contributed by atoms with Crippen LogP contribution in [0.5, 0.6) is 0 Å². The van der Waals surface area contributed by atoms with Crippen LogP contribution in [0.2, 0.25) is 0 Å². The summed E-state index contributed by atoms with van der Waals surface area (Å²) in [5.74, 6) is -1.16. The molecule has 0 saturated carbocycles. The summed E-state index contributed by atoms with van der Waals surface area (Å²) in [4.78, 5) is 15.2. The van der Waals surface area contributed by atoms with E-state index < -0.39 is 23.8 Å². The SMILES string of the molecule is C[C@@]1(O)C[C@@H](CO)O[C@H]1c1cc(C(=O)O)c2c(N)ncnn12. The third-order valence-corrected chi connectivity index (χ3v) is 3.85. The molecular formula is C13H16N4O5. The molecule has 9 heteroatoms. The van der Waals surface area contributed by atoms with E-state index in [1.165, 1.54) is 16.9 Å². The van der Waals surface area contributed by atoms with E-state index in [2.05, 4.69) is 10.1 Å². The number of carbonyl (C=O) groups is 1. The molecule has 0 aliphatic carbocycles. The number of aromatic carboxylic acids is 1. The van der Waals surface area contributed by atoms with Crippen LogP contribution in [0.1, 0.15) is 35.5 Å². The summed E-state index contributed by atoms with van der Waals surface area (Å²) in [5, 5.41) is 33.1. The largest absolute Gasteiger partial charge is 0.478 e. The van der Waals surface area contributed by atoms with Gasteiger partial charge in [0.05, 0.1) is 29.6 Å². The Morgan fingerprint density at radius 2 is 2.36 bits per heavy atom. The van der Waals surface area contributed by atoms with Gasteiger partial charge in [0, 0.05) is 6.42 Å². The van der Waals surface area contributed by atoms with Gasteiger partial charge in [0.15, 0.2) is 5.82 Å². The first kappa shape index (κ1) is 14.7. The number of hydrogen-bond acceptors (Lipinski definition) is 7. The Bertz CT molecular complexity index is 741. The van der Waals surface area contributed by atoms with Crippen LogP contribution in [0, 0.1) is 0 Å². The average molecular weight is 308 g/mol. The number of carboxylic acids is 1. The van der Waals surface area contributed by atoms with Gasteiger partial charge >= 0.3 is 5.97 Å². The Balaban J connectivity index is 2.20. The van der Waals surface area contributed by atoms with Gasteiger partial charge in [-0.05, 0) is 13.0 Å². The van der Waals surface area contributed by atoms with Crippen molar-refractivity contribution in [3.63, 3.8) is 0 Å². The number of nitrogens with two attached hydrogens (primary N) is 1. The molecule has 2 aromatic heterocycles. The van der Waals surface area contributed by atoms with Crippen molar-refractivity contribution in [2.24, 2.45) is 0 Å². The Hall–Kier alpha value is -2.23. The molecule has 9 nitrogen and oxygen atoms in total. The number of rotatable bonds is 3. The standard InChI is InChI=1S/C13H16N4O5/c1-13(21)3-6(4-18)22-10(13)8-2-7(12(19)20)9-11(14)15-5-16-17(8)9/h2,5-6,10,18,21H,3-4H2,1H3,(H,19,20)(H2,14,15,16)/t6-,10-,13+/m0/s1. The third-order valence-electron chi connectivity index (χ3n) is 3.85. The van der Waals surface area contributed by atoms with Gasteiger partial charge in [0.1, 0.15) is 17.9 Å². The molecule has 0 unspecified atom stereocenters. The summed E-state index contributed by atoms with van der Waals surface area (Å²) in [6, 6.07) is 1.36. The average Bonchev–Trinajstić information content (AvgIpc) is 2.97. The van der Waals surface area contributed by atoms with E-state index in [1.807, 2.05) is 0 Å². The quantitative estimate of drug-likeness (QED) is 0.598. The monoisotopic (exact) mass is 308 g/mol. The van der Waals surface area contributed by atoms with E-state index in [9.17, 15) is 20.1 Å². The topological polar surface area (TPSA) is 143 Å². The molecule has 3 atom stereocenters. The zero-order valence-corrected chi connectivity index (χ0v) is 11.8. The van der Waals surface area contributed by atoms with Crippen LogP contribution in [-0.2, 0) is 4.74 Å². The van der Waals surface area contributed by atoms with Crippen molar-refractivity contribution in [2.75, 3.05) is 12.3 Å². The highest BCUT2D eigenvalue weighted by Gasteiger charge is 2.46. The van der Waals surface area contributed by atoms with Crippen molar-refractivity contribution in [3.05, 3.63) is 23.7 Å². The number of hydrogen-bond donors (Lipinski definition) is 4. The minimum atomic E-state index is -1.27. The van der Waals surface area contributed by atoms with Gasteiger partial charge < -0.3 is 25.8 Å². The van der Waals surface area contributed by atoms with Crippen LogP contribution in [0.25, 0.3) is 5.52 Å². The number of aliphatic hydroxyl groups excluding tert-OH is 1. The van der Waals surface area contributed by atoms with E-state index >= 15 is 0 Å². The predicted octanol–water partition coefficient (Wildman–Crippen LogP) is -0.417. The lowest BCUT2D eigenvalue weighted by atomic mass is 9.94. The number of nitrogens with zero attached hydrogens (tertiary/aromatic N) is 3. The molecule has 2 aromatic rings. The normalized spacial score (nSPS) is 28.3. The number of ether oxygens (including phenoxy) is 1. The minimum Gasteiger partial charge on any atom is -0.478 e. The molecule has 3 heterocycles. The molecule has 1 aliphatic heterocycles. The van der Waals surface area contributed by atoms with Gasteiger partial charge in [-0.15, -0.1) is 0 Å². The molecule has 0 bridgehead atoms. The molecule has 3 rings (SSSR count). The summed E-state index contributed by atoms with van der Waals surface area (Å²) >= 11 is 0. The van der Waals surface area contributed by atoms with Crippen LogP contribution in [0.15, 0.2) is 12.4 Å². The van der Waals surface area contributed by atoms with E-state index in [1.54, 1.807) is 6.92 Å². The molecule has 0 aromatic carbocycles. The third kappa shape index (κ3) is 2.10.